The van der Waals surface area contributed by atoms with Crippen molar-refractivity contribution in [2.75, 3.05) is 6.26 Å². The van der Waals surface area contributed by atoms with Crippen molar-refractivity contribution < 1.29 is 4.92 Å². The van der Waals surface area contributed by atoms with Gasteiger partial charge in [0, 0.05) is 5.56 Å². The number of hydrogen-bond donors (Lipinski definition) is 1. The predicted octanol–water partition coefficient (Wildman–Crippen LogP) is 4.28. The summed E-state index contributed by atoms with van der Waals surface area (Å²) in [5.74, 6) is 0. The van der Waals surface area contributed by atoms with Crippen LogP contribution in [0.15, 0.2) is 11.1 Å². The van der Waals surface area contributed by atoms with Crippen molar-refractivity contribution >= 4 is 28.3 Å². The number of nitrogens with one attached hydrogen (secondary N) is 1. The maximum atomic E-state index is 11.8. The standard InChI is InChI=1S/C17H22N4O2S/c1-10-12(20-15(24-6)19-9-18)7-11-13(14(10)21(22)23)17(4,5)8-16(11,2)3/h7H,8H2,1-6H3,(H,19,20). The number of fused-ring (bicyclic) bond motifs is 1. The minimum absolute atomic E-state index is 0.152. The molecule has 1 aromatic carbocycles. The van der Waals surface area contributed by atoms with Gasteiger partial charge in [-0.25, -0.2) is 4.99 Å². The van der Waals surface area contributed by atoms with Gasteiger partial charge < -0.3 is 0 Å². The summed E-state index contributed by atoms with van der Waals surface area (Å²) >= 11 is 1.29. The van der Waals surface area contributed by atoms with Gasteiger partial charge in [0.15, 0.2) is 11.4 Å². The van der Waals surface area contributed by atoms with Crippen molar-refractivity contribution in [1.29, 1.82) is 5.26 Å². The lowest BCUT2D eigenvalue weighted by atomic mass is 9.81. The van der Waals surface area contributed by atoms with Crippen LogP contribution in [0, 0.1) is 28.5 Å². The quantitative estimate of drug-likeness (QED) is 0.215. The first-order valence-electron chi connectivity index (χ1n) is 7.66. The van der Waals surface area contributed by atoms with Crippen molar-refractivity contribution in [2.24, 2.45) is 4.99 Å². The fourth-order valence-electron chi connectivity index (χ4n) is 3.89. The Kier molecular flexibility index (Phi) is 4.64. The third-order valence-corrected chi connectivity index (χ3v) is 5.16. The van der Waals surface area contributed by atoms with Crippen LogP contribution in [-0.2, 0) is 10.8 Å². The zero-order chi connectivity index (χ0) is 18.3. The zero-order valence-corrected chi connectivity index (χ0v) is 15.7. The first-order chi connectivity index (χ1) is 11.0. The molecule has 1 aliphatic rings. The number of aliphatic imine (C=N–C) groups is 1. The minimum Gasteiger partial charge on any atom is -0.271 e. The van der Waals surface area contributed by atoms with Gasteiger partial charge in [-0.05, 0) is 42.1 Å². The molecule has 7 heteroatoms. The van der Waals surface area contributed by atoms with E-state index in [-0.39, 0.29) is 21.4 Å². The van der Waals surface area contributed by atoms with E-state index < -0.39 is 0 Å². The van der Waals surface area contributed by atoms with Gasteiger partial charge in [-0.2, -0.15) is 5.26 Å². The molecule has 0 bridgehead atoms. The summed E-state index contributed by atoms with van der Waals surface area (Å²) in [6.07, 6.45) is 4.48. The highest BCUT2D eigenvalue weighted by molar-refractivity contribution is 8.13. The topological polar surface area (TPSA) is 91.3 Å². The van der Waals surface area contributed by atoms with Crippen LogP contribution in [0.3, 0.4) is 0 Å². The highest BCUT2D eigenvalue weighted by Crippen LogP contribution is 2.55. The summed E-state index contributed by atoms with van der Waals surface area (Å²) in [5.41, 5.74) is 2.59. The molecule has 0 aromatic heterocycles. The number of amidine groups is 1. The van der Waals surface area contributed by atoms with Crippen molar-refractivity contribution in [3.63, 3.8) is 0 Å². The second kappa shape index (κ2) is 6.10. The van der Waals surface area contributed by atoms with E-state index in [1.54, 1.807) is 13.2 Å². The molecule has 0 amide bonds. The minimum atomic E-state index is -0.299. The molecule has 1 aliphatic carbocycles. The molecule has 1 N–H and O–H groups in total. The Balaban J connectivity index is 2.82. The Labute approximate surface area is 146 Å². The fourth-order valence-corrected chi connectivity index (χ4v) is 4.22. The van der Waals surface area contributed by atoms with E-state index >= 15 is 0 Å². The lowest BCUT2D eigenvalue weighted by Crippen LogP contribution is -2.18. The number of nitro groups is 1. The molecule has 1 aromatic rings. The van der Waals surface area contributed by atoms with Crippen LogP contribution in [0.1, 0.15) is 50.8 Å². The fraction of sp³-hybridized carbons (Fsp3) is 0.529. The molecule has 128 valence electrons. The molecule has 0 radical (unpaired) electrons. The zero-order valence-electron chi connectivity index (χ0n) is 14.9. The van der Waals surface area contributed by atoms with Crippen LogP contribution in [0.5, 0.6) is 0 Å². The first kappa shape index (κ1) is 18.3. The normalized spacial score (nSPS) is 18.0. The van der Waals surface area contributed by atoms with Gasteiger partial charge >= 0.3 is 0 Å². The predicted molar refractivity (Wildman–Crippen MR) is 97.9 cm³/mol. The SMILES string of the molecule is CSC(=Nc1cc2c(c([N+](=O)[O-])c1C)C(C)(C)CC2(C)C)NC#N. The van der Waals surface area contributed by atoms with Gasteiger partial charge in [-0.15, -0.1) is 0 Å². The summed E-state index contributed by atoms with van der Waals surface area (Å²) < 4.78 is 0. The van der Waals surface area contributed by atoms with E-state index in [1.807, 2.05) is 12.3 Å². The van der Waals surface area contributed by atoms with Crippen LogP contribution in [0.4, 0.5) is 11.4 Å². The second-order valence-corrected chi connectivity index (χ2v) is 8.15. The van der Waals surface area contributed by atoms with Crippen LogP contribution in [0.2, 0.25) is 0 Å². The van der Waals surface area contributed by atoms with Crippen molar-refractivity contribution in [3.8, 4) is 6.19 Å². The summed E-state index contributed by atoms with van der Waals surface area (Å²) in [7, 11) is 0. The van der Waals surface area contributed by atoms with Crippen LogP contribution in [0.25, 0.3) is 0 Å². The Morgan fingerprint density at radius 2 is 2.04 bits per heavy atom. The average molecular weight is 346 g/mol. The maximum Gasteiger partial charge on any atom is 0.278 e. The van der Waals surface area contributed by atoms with Crippen LogP contribution >= 0.6 is 11.8 Å². The third kappa shape index (κ3) is 2.98. The van der Waals surface area contributed by atoms with Gasteiger partial charge in [-0.3, -0.25) is 15.4 Å². The molecule has 0 unspecified atom stereocenters. The van der Waals surface area contributed by atoms with E-state index in [9.17, 15) is 10.1 Å². The number of rotatable bonds is 2. The summed E-state index contributed by atoms with van der Waals surface area (Å²) in [6, 6.07) is 1.95. The molecule has 24 heavy (non-hydrogen) atoms. The molecule has 0 aliphatic heterocycles. The molecule has 6 nitrogen and oxygen atoms in total. The summed E-state index contributed by atoms with van der Waals surface area (Å²) in [6.45, 7) is 10.1. The van der Waals surface area contributed by atoms with Gasteiger partial charge in [0.2, 0.25) is 0 Å². The average Bonchev–Trinajstić information content (AvgIpc) is 2.63. The molecule has 2 rings (SSSR count). The van der Waals surface area contributed by atoms with E-state index in [0.717, 1.165) is 17.5 Å². The molecule has 0 saturated heterocycles. The second-order valence-electron chi connectivity index (χ2n) is 7.35. The lowest BCUT2D eigenvalue weighted by molar-refractivity contribution is -0.386. The van der Waals surface area contributed by atoms with Crippen LogP contribution in [-0.4, -0.2) is 16.3 Å². The molecular weight excluding hydrogens is 324 g/mol. The molecule has 0 atom stereocenters. The molecule has 0 saturated carbocycles. The van der Waals surface area contributed by atoms with Crippen molar-refractivity contribution in [2.45, 2.75) is 51.9 Å². The monoisotopic (exact) mass is 346 g/mol. The van der Waals surface area contributed by atoms with Gasteiger partial charge in [0.1, 0.15) is 0 Å². The number of nitro benzene ring substituents is 1. The lowest BCUT2D eigenvalue weighted by Gasteiger charge is -2.22. The number of thioether (sulfide) groups is 1. The van der Waals surface area contributed by atoms with Crippen molar-refractivity contribution in [3.05, 3.63) is 32.9 Å². The van der Waals surface area contributed by atoms with E-state index in [2.05, 4.69) is 38.0 Å². The van der Waals surface area contributed by atoms with E-state index in [0.29, 0.717) is 16.4 Å². The number of nitriles is 1. The first-order valence-corrected chi connectivity index (χ1v) is 8.88. The highest BCUT2D eigenvalue weighted by atomic mass is 32.2. The maximum absolute atomic E-state index is 11.8. The number of hydrogen-bond acceptors (Lipinski definition) is 5. The third-order valence-electron chi connectivity index (χ3n) is 4.58. The van der Waals surface area contributed by atoms with Crippen LogP contribution < -0.4 is 5.32 Å². The number of nitrogens with zero attached hydrogens (tertiary/aromatic N) is 3. The Morgan fingerprint density at radius 3 is 2.54 bits per heavy atom. The van der Waals surface area contributed by atoms with Gasteiger partial charge in [0.05, 0.1) is 16.2 Å². The Hall–Kier alpha value is -2.07. The summed E-state index contributed by atoms with van der Waals surface area (Å²) in [4.78, 5) is 15.9. The molecular formula is C17H22N4O2S. The Morgan fingerprint density at radius 1 is 1.42 bits per heavy atom. The molecule has 0 fully saturated rings. The smallest absolute Gasteiger partial charge is 0.271 e. The van der Waals surface area contributed by atoms with Gasteiger partial charge in [0.25, 0.3) is 5.69 Å². The summed E-state index contributed by atoms with van der Waals surface area (Å²) in [5, 5.41) is 23.5. The number of benzene rings is 1. The van der Waals surface area contributed by atoms with E-state index in [1.165, 1.54) is 11.8 Å². The molecule has 0 spiro atoms. The highest BCUT2D eigenvalue weighted by Gasteiger charge is 2.47. The Bertz CT molecular complexity index is 776. The van der Waals surface area contributed by atoms with E-state index in [4.69, 9.17) is 5.26 Å². The molecule has 0 heterocycles. The van der Waals surface area contributed by atoms with Crippen molar-refractivity contribution in [1.82, 2.24) is 5.32 Å². The van der Waals surface area contributed by atoms with Gasteiger partial charge in [-0.1, -0.05) is 39.5 Å². The largest absolute Gasteiger partial charge is 0.278 e.